The summed E-state index contributed by atoms with van der Waals surface area (Å²) >= 11 is 0. The van der Waals surface area contributed by atoms with Crippen molar-refractivity contribution < 1.29 is 4.79 Å². The second kappa shape index (κ2) is 4.75. The van der Waals surface area contributed by atoms with E-state index in [0.29, 0.717) is 13.1 Å². The highest BCUT2D eigenvalue weighted by Gasteiger charge is 2.42. The summed E-state index contributed by atoms with van der Waals surface area (Å²) in [7, 11) is 0. The van der Waals surface area contributed by atoms with E-state index in [-0.39, 0.29) is 17.4 Å². The third kappa shape index (κ3) is 2.25. The Hall–Kier alpha value is -0.610. The number of amides is 1. The third-order valence-electron chi connectivity index (χ3n) is 3.21. The smallest absolute Gasteiger partial charge is 0.227 e. The van der Waals surface area contributed by atoms with Crippen molar-refractivity contribution in [1.29, 1.82) is 0 Å². The highest BCUT2D eigenvalue weighted by atomic mass is 16.2. The maximum atomic E-state index is 11.8. The number of carbonyl (C=O) groups excluding carboxylic acids is 1. The van der Waals surface area contributed by atoms with Gasteiger partial charge in [-0.25, -0.2) is 0 Å². The molecule has 1 fully saturated rings. The number of hydrogen-bond acceptors (Lipinski definition) is 3. The molecule has 4 heteroatoms. The molecule has 4 nitrogen and oxygen atoms in total. The van der Waals surface area contributed by atoms with E-state index < -0.39 is 0 Å². The number of rotatable bonds is 4. The Morgan fingerprint density at radius 2 is 2.36 bits per heavy atom. The van der Waals surface area contributed by atoms with E-state index in [2.05, 4.69) is 5.32 Å². The molecule has 2 atom stereocenters. The molecule has 1 saturated carbocycles. The van der Waals surface area contributed by atoms with Crippen LogP contribution in [0, 0.1) is 5.41 Å². The summed E-state index contributed by atoms with van der Waals surface area (Å²) in [5.41, 5.74) is 10.9. The van der Waals surface area contributed by atoms with E-state index in [1.165, 1.54) is 0 Å². The van der Waals surface area contributed by atoms with Gasteiger partial charge in [0.25, 0.3) is 0 Å². The highest BCUT2D eigenvalue weighted by Crippen LogP contribution is 2.36. The SMILES string of the molecule is CC1(C(=O)NCCCN)CCCC1N. The van der Waals surface area contributed by atoms with Crippen molar-refractivity contribution in [1.82, 2.24) is 5.32 Å². The van der Waals surface area contributed by atoms with E-state index in [0.717, 1.165) is 25.7 Å². The fourth-order valence-corrected chi connectivity index (χ4v) is 1.98. The average Bonchev–Trinajstić information content (AvgIpc) is 2.49. The Morgan fingerprint density at radius 3 is 2.86 bits per heavy atom. The van der Waals surface area contributed by atoms with Gasteiger partial charge in [0.1, 0.15) is 0 Å². The second-order valence-electron chi connectivity index (χ2n) is 4.31. The first kappa shape index (κ1) is 11.5. The van der Waals surface area contributed by atoms with Crippen LogP contribution in [0.3, 0.4) is 0 Å². The van der Waals surface area contributed by atoms with Gasteiger partial charge in [0.05, 0.1) is 5.41 Å². The van der Waals surface area contributed by atoms with Gasteiger partial charge in [0.15, 0.2) is 0 Å². The molecule has 1 aliphatic rings. The van der Waals surface area contributed by atoms with Crippen molar-refractivity contribution in [3.63, 3.8) is 0 Å². The predicted octanol–water partition coefficient (Wildman–Crippen LogP) is -0.0311. The number of carbonyl (C=O) groups is 1. The van der Waals surface area contributed by atoms with Gasteiger partial charge in [-0.2, -0.15) is 0 Å². The van der Waals surface area contributed by atoms with E-state index in [1.807, 2.05) is 6.92 Å². The van der Waals surface area contributed by atoms with Crippen LogP contribution in [0.15, 0.2) is 0 Å². The molecule has 0 saturated heterocycles. The lowest BCUT2D eigenvalue weighted by Gasteiger charge is -2.27. The van der Waals surface area contributed by atoms with Crippen molar-refractivity contribution >= 4 is 5.91 Å². The van der Waals surface area contributed by atoms with Crippen molar-refractivity contribution in [3.05, 3.63) is 0 Å². The summed E-state index contributed by atoms with van der Waals surface area (Å²) < 4.78 is 0. The van der Waals surface area contributed by atoms with Crippen LogP contribution < -0.4 is 16.8 Å². The van der Waals surface area contributed by atoms with Crippen molar-refractivity contribution in [3.8, 4) is 0 Å². The van der Waals surface area contributed by atoms with Crippen LogP contribution in [-0.4, -0.2) is 25.0 Å². The zero-order chi connectivity index (χ0) is 10.6. The number of nitrogens with one attached hydrogen (secondary N) is 1. The van der Waals surface area contributed by atoms with Crippen LogP contribution >= 0.6 is 0 Å². The normalized spacial score (nSPS) is 31.8. The van der Waals surface area contributed by atoms with Gasteiger partial charge in [0.2, 0.25) is 5.91 Å². The lowest BCUT2D eigenvalue weighted by atomic mass is 9.84. The monoisotopic (exact) mass is 199 g/mol. The van der Waals surface area contributed by atoms with E-state index in [1.54, 1.807) is 0 Å². The molecule has 0 radical (unpaired) electrons. The van der Waals surface area contributed by atoms with E-state index in [9.17, 15) is 4.79 Å². The molecule has 14 heavy (non-hydrogen) atoms. The molecular weight excluding hydrogens is 178 g/mol. The van der Waals surface area contributed by atoms with Crippen molar-refractivity contribution in [2.24, 2.45) is 16.9 Å². The summed E-state index contributed by atoms with van der Waals surface area (Å²) in [4.78, 5) is 11.8. The summed E-state index contributed by atoms with van der Waals surface area (Å²) in [5, 5.41) is 2.90. The molecule has 0 aromatic heterocycles. The van der Waals surface area contributed by atoms with E-state index in [4.69, 9.17) is 11.5 Å². The molecule has 0 aromatic carbocycles. The van der Waals surface area contributed by atoms with Gasteiger partial charge in [-0.15, -0.1) is 0 Å². The zero-order valence-corrected chi connectivity index (χ0v) is 8.88. The lowest BCUT2D eigenvalue weighted by Crippen LogP contribution is -2.47. The van der Waals surface area contributed by atoms with Gasteiger partial charge < -0.3 is 16.8 Å². The Morgan fingerprint density at radius 1 is 1.64 bits per heavy atom. The van der Waals surface area contributed by atoms with Crippen LogP contribution in [-0.2, 0) is 4.79 Å². The maximum absolute atomic E-state index is 11.8. The van der Waals surface area contributed by atoms with Crippen LogP contribution in [0.4, 0.5) is 0 Å². The van der Waals surface area contributed by atoms with Gasteiger partial charge in [0, 0.05) is 12.6 Å². The molecule has 0 spiro atoms. The summed E-state index contributed by atoms with van der Waals surface area (Å²) in [6.45, 7) is 3.24. The second-order valence-corrected chi connectivity index (χ2v) is 4.31. The van der Waals surface area contributed by atoms with E-state index >= 15 is 0 Å². The molecule has 82 valence electrons. The van der Waals surface area contributed by atoms with Crippen LogP contribution in [0.2, 0.25) is 0 Å². The zero-order valence-electron chi connectivity index (χ0n) is 8.88. The fourth-order valence-electron chi connectivity index (χ4n) is 1.98. The van der Waals surface area contributed by atoms with Gasteiger partial charge >= 0.3 is 0 Å². The van der Waals surface area contributed by atoms with Crippen LogP contribution in [0.5, 0.6) is 0 Å². The first-order valence-corrected chi connectivity index (χ1v) is 5.35. The van der Waals surface area contributed by atoms with Crippen molar-refractivity contribution in [2.45, 2.75) is 38.6 Å². The third-order valence-corrected chi connectivity index (χ3v) is 3.21. The number of hydrogen-bond donors (Lipinski definition) is 3. The molecular formula is C10H21N3O. The first-order valence-electron chi connectivity index (χ1n) is 5.35. The number of nitrogens with two attached hydrogens (primary N) is 2. The lowest BCUT2D eigenvalue weighted by molar-refractivity contribution is -0.130. The van der Waals surface area contributed by atoms with Crippen molar-refractivity contribution in [2.75, 3.05) is 13.1 Å². The quantitative estimate of drug-likeness (QED) is 0.556. The Balaban J connectivity index is 2.42. The molecule has 5 N–H and O–H groups in total. The minimum Gasteiger partial charge on any atom is -0.356 e. The van der Waals surface area contributed by atoms with Crippen LogP contribution in [0.1, 0.15) is 32.6 Å². The Bertz CT molecular complexity index is 208. The summed E-state index contributed by atoms with van der Waals surface area (Å²) in [6, 6.07) is 0.0142. The summed E-state index contributed by atoms with van der Waals surface area (Å²) in [6.07, 6.45) is 3.75. The molecule has 0 aliphatic heterocycles. The Kier molecular flexibility index (Phi) is 3.89. The predicted molar refractivity (Wildman–Crippen MR) is 56.6 cm³/mol. The maximum Gasteiger partial charge on any atom is 0.227 e. The molecule has 2 unspecified atom stereocenters. The van der Waals surface area contributed by atoms with Crippen LogP contribution in [0.25, 0.3) is 0 Å². The molecule has 0 bridgehead atoms. The highest BCUT2D eigenvalue weighted by molar-refractivity contribution is 5.83. The molecule has 0 aromatic rings. The largest absolute Gasteiger partial charge is 0.356 e. The average molecular weight is 199 g/mol. The Labute approximate surface area is 85.4 Å². The standard InChI is InChI=1S/C10H21N3O/c1-10(5-2-4-8(10)12)9(14)13-7-3-6-11/h8H,2-7,11-12H2,1H3,(H,13,14). The minimum absolute atomic E-state index is 0.0142. The molecule has 1 aliphatic carbocycles. The molecule has 0 heterocycles. The topological polar surface area (TPSA) is 81.1 Å². The molecule has 1 amide bonds. The van der Waals surface area contributed by atoms with Gasteiger partial charge in [-0.3, -0.25) is 4.79 Å². The van der Waals surface area contributed by atoms with Gasteiger partial charge in [-0.05, 0) is 32.7 Å². The van der Waals surface area contributed by atoms with Gasteiger partial charge in [-0.1, -0.05) is 6.42 Å². The minimum atomic E-state index is -0.353. The summed E-state index contributed by atoms with van der Waals surface area (Å²) in [5.74, 6) is 0.0935. The fraction of sp³-hybridized carbons (Fsp3) is 0.900. The first-order chi connectivity index (χ1) is 6.61. The molecule has 1 rings (SSSR count).